The van der Waals surface area contributed by atoms with Crippen molar-refractivity contribution < 1.29 is 4.79 Å². The first-order chi connectivity index (χ1) is 8.99. The molecule has 0 fully saturated rings. The number of aromatic nitrogens is 1. The molecule has 98 valence electrons. The quantitative estimate of drug-likeness (QED) is 0.676. The number of nitrogens with zero attached hydrogens (tertiary/aromatic N) is 1. The van der Waals surface area contributed by atoms with Crippen LogP contribution in [0.2, 0.25) is 10.2 Å². The number of anilines is 1. The van der Waals surface area contributed by atoms with Crippen LogP contribution in [0.3, 0.4) is 0 Å². The molecule has 0 saturated carbocycles. The molecule has 0 spiro atoms. The number of nitrogens with one attached hydrogen (secondary N) is 1. The van der Waals surface area contributed by atoms with Crippen molar-refractivity contribution in [1.82, 2.24) is 4.98 Å². The second kappa shape index (κ2) is 6.22. The Morgan fingerprint density at radius 1 is 1.21 bits per heavy atom. The standard InChI is InChI=1S/C12H6Br2Cl2N2O/c13-8-3-1-2-7(10(8)15)12(19)18-6-4-9(14)11(16)17-5-6/h1-5H,(H,18,19). The summed E-state index contributed by atoms with van der Waals surface area (Å²) in [5, 5.41) is 3.39. The van der Waals surface area contributed by atoms with Crippen LogP contribution in [-0.2, 0) is 0 Å². The summed E-state index contributed by atoms with van der Waals surface area (Å²) in [6, 6.07) is 6.81. The number of benzene rings is 1. The molecule has 3 nitrogen and oxygen atoms in total. The third-order valence-corrected chi connectivity index (χ3v) is 4.68. The second-order valence-corrected chi connectivity index (χ2v) is 6.00. The van der Waals surface area contributed by atoms with E-state index in [4.69, 9.17) is 23.2 Å². The van der Waals surface area contributed by atoms with Crippen LogP contribution in [0.5, 0.6) is 0 Å². The van der Waals surface area contributed by atoms with Gasteiger partial charge >= 0.3 is 0 Å². The van der Waals surface area contributed by atoms with Crippen LogP contribution in [0.1, 0.15) is 10.4 Å². The molecule has 1 aromatic heterocycles. The maximum atomic E-state index is 12.1. The largest absolute Gasteiger partial charge is 0.321 e. The van der Waals surface area contributed by atoms with Gasteiger partial charge in [-0.15, -0.1) is 0 Å². The van der Waals surface area contributed by atoms with Crippen LogP contribution in [0.4, 0.5) is 5.69 Å². The van der Waals surface area contributed by atoms with E-state index in [2.05, 4.69) is 42.2 Å². The van der Waals surface area contributed by atoms with Gasteiger partial charge < -0.3 is 5.32 Å². The van der Waals surface area contributed by atoms with Gasteiger partial charge in [-0.1, -0.05) is 29.3 Å². The Hall–Kier alpha value is -0.620. The Bertz CT molecular complexity index is 650. The molecular weight excluding hydrogens is 419 g/mol. The van der Waals surface area contributed by atoms with E-state index in [1.165, 1.54) is 6.20 Å². The second-order valence-electron chi connectivity index (χ2n) is 3.55. The fraction of sp³-hybridized carbons (Fsp3) is 0. The molecule has 7 heteroatoms. The van der Waals surface area contributed by atoms with Gasteiger partial charge in [-0.25, -0.2) is 4.98 Å². The highest BCUT2D eigenvalue weighted by atomic mass is 79.9. The minimum absolute atomic E-state index is 0.317. The average Bonchev–Trinajstić information content (AvgIpc) is 2.37. The lowest BCUT2D eigenvalue weighted by molar-refractivity contribution is 0.102. The highest BCUT2D eigenvalue weighted by molar-refractivity contribution is 9.10. The summed E-state index contributed by atoms with van der Waals surface area (Å²) in [4.78, 5) is 16.0. The molecule has 0 aliphatic rings. The van der Waals surface area contributed by atoms with Gasteiger partial charge in [0.25, 0.3) is 5.91 Å². The van der Waals surface area contributed by atoms with E-state index < -0.39 is 0 Å². The molecule has 1 N–H and O–H groups in total. The van der Waals surface area contributed by atoms with Crippen molar-refractivity contribution in [3.63, 3.8) is 0 Å². The Labute approximate surface area is 136 Å². The number of pyridine rings is 1. The number of rotatable bonds is 2. The zero-order valence-corrected chi connectivity index (χ0v) is 13.9. The van der Waals surface area contributed by atoms with E-state index in [0.29, 0.717) is 30.4 Å². The van der Waals surface area contributed by atoms with Gasteiger partial charge in [0.2, 0.25) is 0 Å². The monoisotopic (exact) mass is 422 g/mol. The van der Waals surface area contributed by atoms with Crippen LogP contribution in [0.15, 0.2) is 39.4 Å². The maximum absolute atomic E-state index is 12.1. The molecule has 0 bridgehead atoms. The number of halogens is 4. The van der Waals surface area contributed by atoms with E-state index in [-0.39, 0.29) is 5.91 Å². The molecule has 0 unspecified atom stereocenters. The molecule has 19 heavy (non-hydrogen) atoms. The first-order valence-electron chi connectivity index (χ1n) is 5.05. The summed E-state index contributed by atoms with van der Waals surface area (Å²) in [6.45, 7) is 0. The normalized spacial score (nSPS) is 10.3. The van der Waals surface area contributed by atoms with Crippen LogP contribution in [0.25, 0.3) is 0 Å². The smallest absolute Gasteiger partial charge is 0.257 e. The lowest BCUT2D eigenvalue weighted by Crippen LogP contribution is -2.12. The topological polar surface area (TPSA) is 42.0 Å². The number of carbonyl (C=O) groups is 1. The average molecular weight is 425 g/mol. The number of amides is 1. The van der Waals surface area contributed by atoms with Gasteiger partial charge in [0.15, 0.2) is 0 Å². The molecule has 2 aromatic rings. The zero-order valence-electron chi connectivity index (χ0n) is 9.25. The van der Waals surface area contributed by atoms with Crippen molar-refractivity contribution in [1.29, 1.82) is 0 Å². The van der Waals surface area contributed by atoms with Crippen molar-refractivity contribution in [2.24, 2.45) is 0 Å². The highest BCUT2D eigenvalue weighted by Gasteiger charge is 2.13. The number of carbonyl (C=O) groups excluding carboxylic acids is 1. The van der Waals surface area contributed by atoms with Gasteiger partial charge in [-0.3, -0.25) is 4.79 Å². The maximum Gasteiger partial charge on any atom is 0.257 e. The summed E-state index contributed by atoms with van der Waals surface area (Å²) in [5.41, 5.74) is 0.902. The molecule has 0 aliphatic carbocycles. The van der Waals surface area contributed by atoms with Crippen LogP contribution >= 0.6 is 55.1 Å². The Balaban J connectivity index is 2.26. The van der Waals surface area contributed by atoms with Crippen LogP contribution in [0, 0.1) is 0 Å². The molecule has 0 aliphatic heterocycles. The first kappa shape index (κ1) is 14.8. The van der Waals surface area contributed by atoms with Gasteiger partial charge in [0, 0.05) is 4.47 Å². The number of hydrogen-bond acceptors (Lipinski definition) is 2. The van der Waals surface area contributed by atoms with E-state index in [9.17, 15) is 4.79 Å². The molecule has 1 heterocycles. The SMILES string of the molecule is O=C(Nc1cnc(Cl)c(Br)c1)c1cccc(Br)c1Cl. The number of hydrogen-bond donors (Lipinski definition) is 1. The van der Waals surface area contributed by atoms with Crippen molar-refractivity contribution in [2.45, 2.75) is 0 Å². The van der Waals surface area contributed by atoms with E-state index in [1.54, 1.807) is 24.3 Å². The van der Waals surface area contributed by atoms with Crippen molar-refractivity contribution in [3.8, 4) is 0 Å². The molecule has 2 rings (SSSR count). The summed E-state index contributed by atoms with van der Waals surface area (Å²) in [6.07, 6.45) is 1.47. The molecule has 1 aromatic carbocycles. The van der Waals surface area contributed by atoms with E-state index >= 15 is 0 Å². The summed E-state index contributed by atoms with van der Waals surface area (Å²) < 4.78 is 1.27. The van der Waals surface area contributed by atoms with Gasteiger partial charge in [0.1, 0.15) is 5.15 Å². The molecule has 0 saturated heterocycles. The molecular formula is C12H6Br2Cl2N2O. The van der Waals surface area contributed by atoms with Gasteiger partial charge in [-0.05, 0) is 50.1 Å². The highest BCUT2D eigenvalue weighted by Crippen LogP contribution is 2.27. The fourth-order valence-electron chi connectivity index (χ4n) is 1.37. The summed E-state index contributed by atoms with van der Waals surface area (Å²) >= 11 is 18.4. The van der Waals surface area contributed by atoms with Crippen LogP contribution < -0.4 is 5.32 Å². The molecule has 1 amide bonds. The fourth-order valence-corrected chi connectivity index (χ4v) is 2.40. The van der Waals surface area contributed by atoms with Crippen molar-refractivity contribution >= 4 is 66.7 Å². The third kappa shape index (κ3) is 3.48. The zero-order chi connectivity index (χ0) is 14.0. The first-order valence-corrected chi connectivity index (χ1v) is 7.39. The van der Waals surface area contributed by atoms with E-state index in [0.717, 1.165) is 0 Å². The summed E-state index contributed by atoms with van der Waals surface area (Å²) in [7, 11) is 0. The van der Waals surface area contributed by atoms with Crippen LogP contribution in [-0.4, -0.2) is 10.9 Å². The summed E-state index contributed by atoms with van der Waals surface area (Å²) in [5.74, 6) is -0.317. The Morgan fingerprint density at radius 3 is 2.63 bits per heavy atom. The van der Waals surface area contributed by atoms with Crippen molar-refractivity contribution in [2.75, 3.05) is 5.32 Å². The van der Waals surface area contributed by atoms with Gasteiger partial charge in [-0.2, -0.15) is 0 Å². The minimum atomic E-state index is -0.317. The van der Waals surface area contributed by atoms with Crippen molar-refractivity contribution in [3.05, 3.63) is 55.1 Å². The van der Waals surface area contributed by atoms with Gasteiger partial charge in [0.05, 0.1) is 26.9 Å². The predicted molar refractivity (Wildman–Crippen MR) is 84.1 cm³/mol. The molecule has 0 atom stereocenters. The van der Waals surface area contributed by atoms with E-state index in [1.807, 2.05) is 0 Å². The Kier molecular flexibility index (Phi) is 4.84. The Morgan fingerprint density at radius 2 is 1.95 bits per heavy atom. The third-order valence-electron chi connectivity index (χ3n) is 2.25. The molecule has 0 radical (unpaired) electrons. The lowest BCUT2D eigenvalue weighted by Gasteiger charge is -2.08. The predicted octanol–water partition coefficient (Wildman–Crippen LogP) is 5.17. The minimum Gasteiger partial charge on any atom is -0.321 e. The lowest BCUT2D eigenvalue weighted by atomic mass is 10.2.